The van der Waals surface area contributed by atoms with Gasteiger partial charge in [-0.05, 0) is 78.1 Å². The smallest absolute Gasteiger partial charge is 0.359 e. The molecule has 3 rings (SSSR count). The van der Waals surface area contributed by atoms with E-state index >= 15 is 0 Å². The summed E-state index contributed by atoms with van der Waals surface area (Å²) in [6, 6.07) is 6.00. The molecule has 1 aromatic carbocycles. The van der Waals surface area contributed by atoms with Crippen LogP contribution in [-0.4, -0.2) is 44.7 Å². The van der Waals surface area contributed by atoms with E-state index in [0.717, 1.165) is 30.5 Å². The highest BCUT2D eigenvalue weighted by molar-refractivity contribution is 5.92. The van der Waals surface area contributed by atoms with Crippen molar-refractivity contribution in [1.82, 2.24) is 14.7 Å². The van der Waals surface area contributed by atoms with Crippen molar-refractivity contribution in [3.8, 4) is 5.69 Å². The van der Waals surface area contributed by atoms with E-state index in [1.807, 2.05) is 27.7 Å². The molecule has 6 nitrogen and oxygen atoms in total. The normalized spacial score (nSPS) is 14.2. The zero-order chi connectivity index (χ0) is 21.3. The number of aromatic nitrogens is 2. The molecule has 1 aliphatic rings. The summed E-state index contributed by atoms with van der Waals surface area (Å²) in [5.41, 5.74) is 2.72. The first-order valence-electron chi connectivity index (χ1n) is 10.1. The van der Waals surface area contributed by atoms with Crippen molar-refractivity contribution in [2.24, 2.45) is 0 Å². The maximum absolute atomic E-state index is 13.3. The molecule has 2 aromatic rings. The molecule has 156 valence electrons. The number of nitrogens with zero attached hydrogens (tertiary/aromatic N) is 3. The van der Waals surface area contributed by atoms with Crippen LogP contribution in [0.4, 0.5) is 4.39 Å². The molecule has 29 heavy (non-hydrogen) atoms. The molecule has 1 aliphatic carbocycles. The third kappa shape index (κ3) is 4.18. The topological polar surface area (TPSA) is 64.4 Å². The quantitative estimate of drug-likeness (QED) is 0.693. The number of carbonyl (C=O) groups is 2. The minimum absolute atomic E-state index is 0.00517. The Morgan fingerprint density at radius 1 is 1.07 bits per heavy atom. The van der Waals surface area contributed by atoms with Crippen molar-refractivity contribution in [3.05, 3.63) is 47.0 Å². The second kappa shape index (κ2) is 8.35. The number of ether oxygens (including phenoxy) is 1. The Balaban J connectivity index is 1.84. The molecule has 0 saturated heterocycles. The van der Waals surface area contributed by atoms with Crippen molar-refractivity contribution < 1.29 is 18.7 Å². The molecule has 0 fully saturated rings. The lowest BCUT2D eigenvalue weighted by Gasteiger charge is -2.32. The van der Waals surface area contributed by atoms with Crippen molar-refractivity contribution >= 4 is 11.9 Å². The van der Waals surface area contributed by atoms with Gasteiger partial charge in [-0.2, -0.15) is 5.10 Å². The molecule has 0 saturated carbocycles. The van der Waals surface area contributed by atoms with Gasteiger partial charge in [0.1, 0.15) is 5.82 Å². The molecule has 1 atom stereocenters. The molecule has 0 N–H and O–H groups in total. The summed E-state index contributed by atoms with van der Waals surface area (Å²) in [6.45, 7) is 9.33. The Kier molecular flexibility index (Phi) is 6.05. The fourth-order valence-corrected chi connectivity index (χ4v) is 3.98. The van der Waals surface area contributed by atoms with Crippen LogP contribution in [0.25, 0.3) is 5.69 Å². The van der Waals surface area contributed by atoms with Crippen LogP contribution in [0.2, 0.25) is 0 Å². The standard InChI is InChI=1S/C22H28FN3O3/c1-13(2)25(14(3)4)21(27)15(5)29-22(28)20-18-7-6-8-19(18)26(24-20)17-11-9-16(23)10-12-17/h9-15H,6-8H2,1-5H3. The second-order valence-corrected chi connectivity index (χ2v) is 8.00. The van der Waals surface area contributed by atoms with E-state index in [-0.39, 0.29) is 29.5 Å². The van der Waals surface area contributed by atoms with Crippen molar-refractivity contribution in [3.63, 3.8) is 0 Å². The van der Waals surface area contributed by atoms with Gasteiger partial charge in [0.05, 0.1) is 5.69 Å². The third-order valence-corrected chi connectivity index (χ3v) is 5.19. The van der Waals surface area contributed by atoms with Gasteiger partial charge in [-0.1, -0.05) is 0 Å². The van der Waals surface area contributed by atoms with Gasteiger partial charge in [0, 0.05) is 23.3 Å². The Labute approximate surface area is 170 Å². The Morgan fingerprint density at radius 2 is 1.69 bits per heavy atom. The average molecular weight is 401 g/mol. The zero-order valence-corrected chi connectivity index (χ0v) is 17.6. The van der Waals surface area contributed by atoms with Gasteiger partial charge >= 0.3 is 5.97 Å². The summed E-state index contributed by atoms with van der Waals surface area (Å²) in [6.07, 6.45) is 1.53. The van der Waals surface area contributed by atoms with E-state index in [1.54, 1.807) is 28.6 Å². The Hall–Kier alpha value is -2.70. The molecule has 0 radical (unpaired) electrons. The van der Waals surface area contributed by atoms with Crippen molar-refractivity contribution in [2.45, 2.75) is 72.1 Å². The van der Waals surface area contributed by atoms with Crippen LogP contribution in [0.3, 0.4) is 0 Å². The molecule has 0 bridgehead atoms. The summed E-state index contributed by atoms with van der Waals surface area (Å²) in [5, 5.41) is 4.45. The zero-order valence-electron chi connectivity index (χ0n) is 17.6. The monoisotopic (exact) mass is 401 g/mol. The maximum Gasteiger partial charge on any atom is 0.359 e. The number of hydrogen-bond donors (Lipinski definition) is 0. The lowest BCUT2D eigenvalue weighted by Crippen LogP contribution is -2.47. The number of hydrogen-bond acceptors (Lipinski definition) is 4. The lowest BCUT2D eigenvalue weighted by atomic mass is 10.2. The third-order valence-electron chi connectivity index (χ3n) is 5.19. The molecule has 1 amide bonds. The van der Waals surface area contributed by atoms with Gasteiger partial charge in [-0.25, -0.2) is 13.9 Å². The first kappa shape index (κ1) is 21.0. The Morgan fingerprint density at radius 3 is 2.28 bits per heavy atom. The van der Waals surface area contributed by atoms with E-state index < -0.39 is 12.1 Å². The number of halogens is 1. The number of fused-ring (bicyclic) bond motifs is 1. The molecular formula is C22H28FN3O3. The van der Waals surface area contributed by atoms with E-state index in [4.69, 9.17) is 4.74 Å². The molecule has 0 aliphatic heterocycles. The average Bonchev–Trinajstić information content (AvgIpc) is 3.24. The predicted octanol–water partition coefficient (Wildman–Crippen LogP) is 3.69. The molecule has 1 aromatic heterocycles. The van der Waals surface area contributed by atoms with E-state index in [9.17, 15) is 14.0 Å². The highest BCUT2D eigenvalue weighted by Gasteiger charge is 2.32. The maximum atomic E-state index is 13.3. The van der Waals surface area contributed by atoms with Gasteiger partial charge in [-0.3, -0.25) is 4.79 Å². The molecule has 1 unspecified atom stereocenters. The van der Waals surface area contributed by atoms with Gasteiger partial charge in [0.2, 0.25) is 0 Å². The van der Waals surface area contributed by atoms with Crippen molar-refractivity contribution in [1.29, 1.82) is 0 Å². The summed E-state index contributed by atoms with van der Waals surface area (Å²) in [4.78, 5) is 27.3. The molecular weight excluding hydrogens is 373 g/mol. The first-order valence-corrected chi connectivity index (χ1v) is 10.1. The van der Waals surface area contributed by atoms with Crippen LogP contribution >= 0.6 is 0 Å². The number of amides is 1. The highest BCUT2D eigenvalue weighted by atomic mass is 19.1. The summed E-state index contributed by atoms with van der Waals surface area (Å²) in [7, 11) is 0. The van der Waals surface area contributed by atoms with E-state index in [0.29, 0.717) is 5.69 Å². The van der Waals surface area contributed by atoms with Crippen LogP contribution < -0.4 is 0 Å². The van der Waals surface area contributed by atoms with Crippen LogP contribution in [0, 0.1) is 5.82 Å². The SMILES string of the molecule is CC(OC(=O)c1nn(-c2ccc(F)cc2)c2c1CCC2)C(=O)N(C(C)C)C(C)C. The fraction of sp³-hybridized carbons (Fsp3) is 0.500. The van der Waals surface area contributed by atoms with Gasteiger partial charge < -0.3 is 9.64 Å². The van der Waals surface area contributed by atoms with Crippen LogP contribution in [-0.2, 0) is 22.4 Å². The molecule has 1 heterocycles. The summed E-state index contributed by atoms with van der Waals surface area (Å²) in [5.74, 6) is -1.15. The number of carbonyl (C=O) groups excluding carboxylic acids is 2. The van der Waals surface area contributed by atoms with Crippen LogP contribution in [0.5, 0.6) is 0 Å². The largest absolute Gasteiger partial charge is 0.448 e. The minimum Gasteiger partial charge on any atom is -0.448 e. The number of benzene rings is 1. The highest BCUT2D eigenvalue weighted by Crippen LogP contribution is 2.28. The van der Waals surface area contributed by atoms with Gasteiger partial charge in [-0.15, -0.1) is 0 Å². The van der Waals surface area contributed by atoms with E-state index in [2.05, 4.69) is 5.10 Å². The van der Waals surface area contributed by atoms with Crippen LogP contribution in [0.1, 0.15) is 62.8 Å². The summed E-state index contributed by atoms with van der Waals surface area (Å²) >= 11 is 0. The van der Waals surface area contributed by atoms with Crippen LogP contribution in [0.15, 0.2) is 24.3 Å². The number of esters is 1. The second-order valence-electron chi connectivity index (χ2n) is 8.00. The van der Waals surface area contributed by atoms with Crippen molar-refractivity contribution in [2.75, 3.05) is 0 Å². The summed E-state index contributed by atoms with van der Waals surface area (Å²) < 4.78 is 20.5. The van der Waals surface area contributed by atoms with Gasteiger partial charge in [0.15, 0.2) is 11.8 Å². The Bertz CT molecular complexity index is 895. The molecule has 7 heteroatoms. The number of rotatable bonds is 6. The molecule has 0 spiro atoms. The lowest BCUT2D eigenvalue weighted by molar-refractivity contribution is -0.143. The predicted molar refractivity (Wildman–Crippen MR) is 108 cm³/mol. The van der Waals surface area contributed by atoms with E-state index in [1.165, 1.54) is 12.1 Å². The fourth-order valence-electron chi connectivity index (χ4n) is 3.98. The minimum atomic E-state index is -0.902. The first-order chi connectivity index (χ1) is 13.7. The van der Waals surface area contributed by atoms with Gasteiger partial charge in [0.25, 0.3) is 5.91 Å².